The number of nitrogens with one attached hydrogen (secondary N) is 1. The van der Waals surface area contributed by atoms with Crippen molar-refractivity contribution in [3.63, 3.8) is 0 Å². The Labute approximate surface area is 118 Å². The molecule has 0 spiro atoms. The van der Waals surface area contributed by atoms with Gasteiger partial charge in [0.25, 0.3) is 0 Å². The average Bonchev–Trinajstić information content (AvgIpc) is 2.78. The minimum Gasteiger partial charge on any atom is -0.478 e. The molecule has 112 valence electrons. The van der Waals surface area contributed by atoms with E-state index < -0.39 is 5.97 Å². The minimum absolute atomic E-state index is 0.0248. The maximum atomic E-state index is 12.0. The molecule has 1 aromatic rings. The van der Waals surface area contributed by atoms with Crippen LogP contribution in [0.15, 0.2) is 10.5 Å². The number of hydrogen-bond donors (Lipinski definition) is 2. The number of carboxylic acid groups (broad SMARTS) is 1. The number of nitrogens with zero attached hydrogens (tertiary/aromatic N) is 1. The maximum Gasteiger partial charge on any atom is 0.339 e. The number of amides is 1. The van der Waals surface area contributed by atoms with Crippen molar-refractivity contribution in [1.29, 1.82) is 0 Å². The monoisotopic (exact) mass is 282 g/mol. The van der Waals surface area contributed by atoms with Crippen molar-refractivity contribution in [1.82, 2.24) is 10.2 Å². The number of furan rings is 1. The van der Waals surface area contributed by atoms with Crippen LogP contribution < -0.4 is 5.32 Å². The third kappa shape index (κ3) is 3.84. The minimum atomic E-state index is -1.01. The Morgan fingerprint density at radius 1 is 1.40 bits per heavy atom. The van der Waals surface area contributed by atoms with E-state index in [0.717, 1.165) is 0 Å². The van der Waals surface area contributed by atoms with Crippen LogP contribution in [0.3, 0.4) is 0 Å². The summed E-state index contributed by atoms with van der Waals surface area (Å²) in [6.45, 7) is 8.93. The molecule has 6 heteroatoms. The Bertz CT molecular complexity index is 478. The van der Waals surface area contributed by atoms with E-state index in [-0.39, 0.29) is 17.5 Å². The molecule has 0 aliphatic rings. The molecule has 0 saturated carbocycles. The summed E-state index contributed by atoms with van der Waals surface area (Å²) >= 11 is 0. The molecule has 2 N–H and O–H groups in total. The van der Waals surface area contributed by atoms with Crippen molar-refractivity contribution >= 4 is 11.9 Å². The molecule has 0 aromatic carbocycles. The highest BCUT2D eigenvalue weighted by atomic mass is 16.4. The summed E-state index contributed by atoms with van der Waals surface area (Å²) in [6.07, 6.45) is 0. The van der Waals surface area contributed by atoms with E-state index in [1.807, 2.05) is 13.8 Å². The number of carbonyl (C=O) groups is 2. The summed E-state index contributed by atoms with van der Waals surface area (Å²) in [6, 6.07) is 1.15. The molecule has 1 amide bonds. The van der Waals surface area contributed by atoms with E-state index in [1.54, 1.807) is 18.7 Å². The van der Waals surface area contributed by atoms with Crippen LogP contribution in [-0.4, -0.2) is 41.0 Å². The molecule has 0 aliphatic carbocycles. The van der Waals surface area contributed by atoms with Crippen LogP contribution in [0.5, 0.6) is 0 Å². The zero-order chi connectivity index (χ0) is 15.3. The van der Waals surface area contributed by atoms with Crippen LogP contribution in [0.25, 0.3) is 0 Å². The fourth-order valence-corrected chi connectivity index (χ4v) is 1.99. The lowest BCUT2D eigenvalue weighted by atomic mass is 10.2. The van der Waals surface area contributed by atoms with E-state index in [2.05, 4.69) is 5.32 Å². The van der Waals surface area contributed by atoms with Gasteiger partial charge in [0.1, 0.15) is 17.1 Å². The van der Waals surface area contributed by atoms with Gasteiger partial charge >= 0.3 is 5.97 Å². The Balaban J connectivity index is 2.61. The second-order valence-electron chi connectivity index (χ2n) is 4.60. The quantitative estimate of drug-likeness (QED) is 0.794. The summed E-state index contributed by atoms with van der Waals surface area (Å²) in [4.78, 5) is 24.7. The van der Waals surface area contributed by atoms with Crippen molar-refractivity contribution < 1.29 is 19.1 Å². The van der Waals surface area contributed by atoms with Gasteiger partial charge in [-0.25, -0.2) is 4.79 Å². The highest BCUT2D eigenvalue weighted by Crippen LogP contribution is 2.14. The van der Waals surface area contributed by atoms with E-state index in [1.165, 1.54) is 6.07 Å². The molecule has 1 heterocycles. The van der Waals surface area contributed by atoms with Crippen molar-refractivity contribution in [2.75, 3.05) is 13.1 Å². The Kier molecular flexibility index (Phi) is 5.76. The first kappa shape index (κ1) is 16.2. The normalized spacial score (nSPS) is 12.2. The van der Waals surface area contributed by atoms with Gasteiger partial charge in [-0.05, 0) is 33.8 Å². The maximum absolute atomic E-state index is 12.0. The predicted octanol–water partition coefficient (Wildman–Crippen LogP) is 1.63. The Morgan fingerprint density at radius 2 is 2.00 bits per heavy atom. The van der Waals surface area contributed by atoms with Gasteiger partial charge in [-0.1, -0.05) is 0 Å². The van der Waals surface area contributed by atoms with Crippen LogP contribution in [0, 0.1) is 6.92 Å². The van der Waals surface area contributed by atoms with Gasteiger partial charge in [-0.3, -0.25) is 10.1 Å². The third-order valence-electron chi connectivity index (χ3n) is 3.23. The number of aromatic carboxylic acids is 1. The SMILES string of the molecule is CCN(CC)C(=O)C(C)NCc1cc(C(=O)O)c(C)o1. The van der Waals surface area contributed by atoms with Gasteiger partial charge in [0, 0.05) is 13.1 Å². The lowest BCUT2D eigenvalue weighted by molar-refractivity contribution is -0.132. The summed E-state index contributed by atoms with van der Waals surface area (Å²) in [5.74, 6) is -0.0994. The molecule has 1 unspecified atom stereocenters. The summed E-state index contributed by atoms with van der Waals surface area (Å²) < 4.78 is 5.35. The zero-order valence-electron chi connectivity index (χ0n) is 12.4. The number of rotatable bonds is 7. The summed E-state index contributed by atoms with van der Waals surface area (Å²) in [5.41, 5.74) is 0.157. The first-order chi connectivity index (χ1) is 9.40. The summed E-state index contributed by atoms with van der Waals surface area (Å²) in [5, 5.41) is 12.0. The lowest BCUT2D eigenvalue weighted by Crippen LogP contribution is -2.44. The third-order valence-corrected chi connectivity index (χ3v) is 3.23. The fourth-order valence-electron chi connectivity index (χ4n) is 1.99. The molecular weight excluding hydrogens is 260 g/mol. The average molecular weight is 282 g/mol. The van der Waals surface area contributed by atoms with Crippen molar-refractivity contribution in [2.45, 2.75) is 40.3 Å². The van der Waals surface area contributed by atoms with Crippen LogP contribution >= 0.6 is 0 Å². The van der Waals surface area contributed by atoms with Crippen LogP contribution in [-0.2, 0) is 11.3 Å². The number of likely N-dealkylation sites (N-methyl/N-ethyl adjacent to an activating group) is 1. The number of carboxylic acids is 1. The molecule has 1 rings (SSSR count). The molecule has 20 heavy (non-hydrogen) atoms. The molecule has 1 aromatic heterocycles. The van der Waals surface area contributed by atoms with E-state index in [4.69, 9.17) is 9.52 Å². The van der Waals surface area contributed by atoms with Gasteiger partial charge in [0.2, 0.25) is 5.91 Å². The van der Waals surface area contributed by atoms with Crippen molar-refractivity contribution in [2.24, 2.45) is 0 Å². The molecular formula is C14H22N2O4. The van der Waals surface area contributed by atoms with Gasteiger partial charge in [-0.2, -0.15) is 0 Å². The largest absolute Gasteiger partial charge is 0.478 e. The molecule has 6 nitrogen and oxygen atoms in total. The van der Waals surface area contributed by atoms with Crippen LogP contribution in [0.4, 0.5) is 0 Å². The Morgan fingerprint density at radius 3 is 2.45 bits per heavy atom. The predicted molar refractivity (Wildman–Crippen MR) is 74.6 cm³/mol. The molecule has 0 fully saturated rings. The van der Waals surface area contributed by atoms with Gasteiger partial charge < -0.3 is 14.4 Å². The molecule has 1 atom stereocenters. The van der Waals surface area contributed by atoms with Crippen LogP contribution in [0.1, 0.15) is 42.6 Å². The summed E-state index contributed by atoms with van der Waals surface area (Å²) in [7, 11) is 0. The molecule has 0 bridgehead atoms. The van der Waals surface area contributed by atoms with E-state index in [9.17, 15) is 9.59 Å². The molecule has 0 radical (unpaired) electrons. The molecule has 0 saturated heterocycles. The lowest BCUT2D eigenvalue weighted by Gasteiger charge is -2.23. The second-order valence-corrected chi connectivity index (χ2v) is 4.60. The fraction of sp³-hybridized carbons (Fsp3) is 0.571. The first-order valence-corrected chi connectivity index (χ1v) is 6.75. The smallest absolute Gasteiger partial charge is 0.339 e. The first-order valence-electron chi connectivity index (χ1n) is 6.75. The van der Waals surface area contributed by atoms with Crippen LogP contribution in [0.2, 0.25) is 0 Å². The highest BCUT2D eigenvalue weighted by molar-refractivity contribution is 5.88. The van der Waals surface area contributed by atoms with Gasteiger partial charge in [0.15, 0.2) is 0 Å². The van der Waals surface area contributed by atoms with Crippen molar-refractivity contribution in [3.05, 3.63) is 23.2 Å². The van der Waals surface area contributed by atoms with Gasteiger partial charge in [-0.15, -0.1) is 0 Å². The zero-order valence-corrected chi connectivity index (χ0v) is 12.4. The van der Waals surface area contributed by atoms with Gasteiger partial charge in [0.05, 0.1) is 12.6 Å². The number of aryl methyl sites for hydroxylation is 1. The standard InChI is InChI=1S/C14H22N2O4/c1-5-16(6-2)13(17)9(3)15-8-11-7-12(14(18)19)10(4)20-11/h7,9,15H,5-6,8H2,1-4H3,(H,18,19). The highest BCUT2D eigenvalue weighted by Gasteiger charge is 2.19. The topological polar surface area (TPSA) is 82.8 Å². The van der Waals surface area contributed by atoms with E-state index in [0.29, 0.717) is 31.2 Å². The van der Waals surface area contributed by atoms with Crippen molar-refractivity contribution in [3.8, 4) is 0 Å². The number of hydrogen-bond acceptors (Lipinski definition) is 4. The Hall–Kier alpha value is -1.82. The second kappa shape index (κ2) is 7.09. The van der Waals surface area contributed by atoms with E-state index >= 15 is 0 Å². The molecule has 0 aliphatic heterocycles. The number of carbonyl (C=O) groups excluding carboxylic acids is 1.